The molecule has 0 aliphatic rings. The average molecular weight is 295 g/mol. The van der Waals surface area contributed by atoms with Crippen LogP contribution in [0.1, 0.15) is 25.8 Å². The number of phenolic OH excluding ortho intramolecular Hbond substituents is 1. The van der Waals surface area contributed by atoms with E-state index >= 15 is 0 Å². The average Bonchev–Trinajstić information content (AvgIpc) is 2.38. The van der Waals surface area contributed by atoms with Crippen LogP contribution in [0.2, 0.25) is 0 Å². The van der Waals surface area contributed by atoms with E-state index in [-0.39, 0.29) is 18.1 Å². The molecule has 0 unspecified atom stereocenters. The number of carbonyl (C=O) groups is 2. The Kier molecular flexibility index (Phi) is 6.17. The summed E-state index contributed by atoms with van der Waals surface area (Å²) in [6.07, 6.45) is 0.506. The fourth-order valence-corrected chi connectivity index (χ4v) is 2.04. The molecule has 0 aliphatic heterocycles. The number of rotatable bonds is 8. The summed E-state index contributed by atoms with van der Waals surface area (Å²) in [6.45, 7) is 3.76. The van der Waals surface area contributed by atoms with Crippen molar-refractivity contribution in [2.75, 3.05) is 0 Å². The molecule has 1 rings (SSSR count). The van der Waals surface area contributed by atoms with Gasteiger partial charge in [0, 0.05) is 0 Å². The fourth-order valence-electron chi connectivity index (χ4n) is 2.04. The zero-order valence-corrected chi connectivity index (χ0v) is 12.1. The zero-order chi connectivity index (χ0) is 16.0. The predicted octanol–water partition coefficient (Wildman–Crippen LogP) is 1.48. The van der Waals surface area contributed by atoms with Crippen molar-refractivity contribution in [3.05, 3.63) is 29.8 Å². The molecule has 0 bridgehead atoms. The van der Waals surface area contributed by atoms with E-state index in [9.17, 15) is 19.8 Å². The lowest BCUT2D eigenvalue weighted by atomic mass is 10.0. The van der Waals surface area contributed by atoms with Crippen molar-refractivity contribution in [3.63, 3.8) is 0 Å². The zero-order valence-electron chi connectivity index (χ0n) is 12.1. The lowest BCUT2D eigenvalue weighted by Crippen LogP contribution is -2.48. The molecule has 0 radical (unpaired) electrons. The molecule has 0 saturated heterocycles. The van der Waals surface area contributed by atoms with Crippen LogP contribution in [0.15, 0.2) is 24.3 Å². The van der Waals surface area contributed by atoms with Crippen LogP contribution in [0.4, 0.5) is 0 Å². The van der Waals surface area contributed by atoms with Gasteiger partial charge in [0.1, 0.15) is 17.8 Å². The Morgan fingerprint density at radius 1 is 1.05 bits per heavy atom. The van der Waals surface area contributed by atoms with Crippen molar-refractivity contribution in [3.8, 4) is 5.75 Å². The molecule has 0 fully saturated rings. The van der Waals surface area contributed by atoms with Crippen LogP contribution >= 0.6 is 0 Å². The standard InChI is InChI=1S/C15H21NO5/c1-9(2)7-12(14(18)19)16-13(15(20)21)8-10-3-5-11(17)6-4-10/h3-6,9,12-13,16-17H,7-8H2,1-2H3,(H,18,19)(H,20,21)/t12-,13-/m0/s1. The number of nitrogens with one attached hydrogen (secondary N) is 1. The molecule has 1 aromatic rings. The summed E-state index contributed by atoms with van der Waals surface area (Å²) in [6, 6.07) is 4.28. The molecule has 0 spiro atoms. The molecule has 6 nitrogen and oxygen atoms in total. The van der Waals surface area contributed by atoms with Crippen molar-refractivity contribution in [1.29, 1.82) is 0 Å². The second-order valence-corrected chi connectivity index (χ2v) is 5.45. The number of carboxylic acid groups (broad SMARTS) is 2. The van der Waals surface area contributed by atoms with Gasteiger partial charge >= 0.3 is 11.9 Å². The summed E-state index contributed by atoms with van der Waals surface area (Å²) in [5.41, 5.74) is 0.710. The Bertz CT molecular complexity index is 483. The van der Waals surface area contributed by atoms with E-state index in [2.05, 4.69) is 5.32 Å². The van der Waals surface area contributed by atoms with E-state index in [0.29, 0.717) is 12.0 Å². The Hall–Kier alpha value is -2.08. The third-order valence-electron chi connectivity index (χ3n) is 3.08. The van der Waals surface area contributed by atoms with Crippen LogP contribution in [0.25, 0.3) is 0 Å². The first-order valence-electron chi connectivity index (χ1n) is 6.79. The van der Waals surface area contributed by atoms with Crippen LogP contribution in [0.5, 0.6) is 5.75 Å². The van der Waals surface area contributed by atoms with E-state index in [4.69, 9.17) is 5.11 Å². The van der Waals surface area contributed by atoms with E-state index < -0.39 is 24.0 Å². The molecule has 4 N–H and O–H groups in total. The van der Waals surface area contributed by atoms with Crippen molar-refractivity contribution in [1.82, 2.24) is 5.32 Å². The number of benzene rings is 1. The summed E-state index contributed by atoms with van der Waals surface area (Å²) in [5.74, 6) is -1.91. The van der Waals surface area contributed by atoms with Crippen molar-refractivity contribution in [2.45, 2.75) is 38.8 Å². The smallest absolute Gasteiger partial charge is 0.321 e. The first kappa shape index (κ1) is 17.0. The van der Waals surface area contributed by atoms with Gasteiger partial charge in [0.2, 0.25) is 0 Å². The Labute approximate surface area is 123 Å². The lowest BCUT2D eigenvalue weighted by Gasteiger charge is -2.21. The topological polar surface area (TPSA) is 107 Å². The van der Waals surface area contributed by atoms with E-state index in [1.165, 1.54) is 12.1 Å². The molecule has 0 saturated carbocycles. The molecule has 0 aliphatic carbocycles. The van der Waals surface area contributed by atoms with E-state index in [1.54, 1.807) is 12.1 Å². The molecule has 6 heteroatoms. The second kappa shape index (κ2) is 7.64. The molecule has 0 amide bonds. The minimum absolute atomic E-state index is 0.0989. The minimum atomic E-state index is -1.10. The monoisotopic (exact) mass is 295 g/mol. The number of aromatic hydroxyl groups is 1. The van der Waals surface area contributed by atoms with Crippen LogP contribution in [0, 0.1) is 5.92 Å². The predicted molar refractivity (Wildman–Crippen MR) is 77.2 cm³/mol. The molecule has 1 aromatic carbocycles. The summed E-state index contributed by atoms with van der Waals surface area (Å²) < 4.78 is 0. The van der Waals surface area contributed by atoms with Gasteiger partial charge in [-0.3, -0.25) is 14.9 Å². The minimum Gasteiger partial charge on any atom is -0.508 e. The van der Waals surface area contributed by atoms with Crippen molar-refractivity contribution < 1.29 is 24.9 Å². The van der Waals surface area contributed by atoms with E-state index in [1.807, 2.05) is 13.8 Å². The SMILES string of the molecule is CC(C)C[C@H](N[C@@H](Cc1ccc(O)cc1)C(=O)O)C(=O)O. The highest BCUT2D eigenvalue weighted by Crippen LogP contribution is 2.13. The van der Waals surface area contributed by atoms with E-state index in [0.717, 1.165) is 0 Å². The maximum atomic E-state index is 11.3. The van der Waals surface area contributed by atoms with Crippen LogP contribution in [-0.4, -0.2) is 39.3 Å². The summed E-state index contributed by atoms with van der Waals surface area (Å²) >= 11 is 0. The maximum absolute atomic E-state index is 11.3. The van der Waals surface area contributed by atoms with Gasteiger partial charge in [-0.1, -0.05) is 26.0 Å². The third-order valence-corrected chi connectivity index (χ3v) is 3.08. The number of hydrogen-bond donors (Lipinski definition) is 4. The van der Waals surface area contributed by atoms with Crippen LogP contribution in [0.3, 0.4) is 0 Å². The number of aliphatic carboxylic acids is 2. The van der Waals surface area contributed by atoms with Crippen LogP contribution < -0.4 is 5.32 Å². The van der Waals surface area contributed by atoms with Crippen molar-refractivity contribution in [2.24, 2.45) is 5.92 Å². The van der Waals surface area contributed by atoms with Gasteiger partial charge in [-0.05, 0) is 36.5 Å². The van der Waals surface area contributed by atoms with Crippen LogP contribution in [-0.2, 0) is 16.0 Å². The fraction of sp³-hybridized carbons (Fsp3) is 0.467. The lowest BCUT2D eigenvalue weighted by molar-refractivity contribution is -0.142. The largest absolute Gasteiger partial charge is 0.508 e. The number of phenols is 1. The third kappa shape index (κ3) is 5.83. The Morgan fingerprint density at radius 3 is 2.00 bits per heavy atom. The highest BCUT2D eigenvalue weighted by atomic mass is 16.4. The normalized spacial score (nSPS) is 13.9. The van der Waals surface area contributed by atoms with Gasteiger partial charge in [-0.25, -0.2) is 0 Å². The molecule has 0 aromatic heterocycles. The highest BCUT2D eigenvalue weighted by Gasteiger charge is 2.26. The molecule has 2 atom stereocenters. The molecular formula is C15H21NO5. The van der Waals surface area contributed by atoms with Gasteiger partial charge < -0.3 is 15.3 Å². The summed E-state index contributed by atoms with van der Waals surface area (Å²) in [5, 5.41) is 30.3. The van der Waals surface area contributed by atoms with Gasteiger partial charge in [0.05, 0.1) is 0 Å². The maximum Gasteiger partial charge on any atom is 0.321 e. The molecule has 0 heterocycles. The van der Waals surface area contributed by atoms with Gasteiger partial charge in [-0.15, -0.1) is 0 Å². The second-order valence-electron chi connectivity index (χ2n) is 5.45. The molecular weight excluding hydrogens is 274 g/mol. The summed E-state index contributed by atoms with van der Waals surface area (Å²) in [7, 11) is 0. The Morgan fingerprint density at radius 2 is 1.57 bits per heavy atom. The Balaban J connectivity index is 2.78. The quantitative estimate of drug-likeness (QED) is 0.578. The number of hydrogen-bond acceptors (Lipinski definition) is 4. The van der Waals surface area contributed by atoms with Gasteiger partial charge in [0.25, 0.3) is 0 Å². The van der Waals surface area contributed by atoms with Gasteiger partial charge in [0.15, 0.2) is 0 Å². The van der Waals surface area contributed by atoms with Gasteiger partial charge in [-0.2, -0.15) is 0 Å². The first-order chi connectivity index (χ1) is 9.79. The first-order valence-corrected chi connectivity index (χ1v) is 6.79. The molecule has 116 valence electrons. The van der Waals surface area contributed by atoms with Crippen molar-refractivity contribution >= 4 is 11.9 Å². The summed E-state index contributed by atoms with van der Waals surface area (Å²) in [4.78, 5) is 22.5. The molecule has 21 heavy (non-hydrogen) atoms. The number of carboxylic acids is 2. The highest BCUT2D eigenvalue weighted by molar-refractivity contribution is 5.77.